The molecular weight excluding hydrogens is 106 g/mol. The molecule has 0 unspecified atom stereocenters. The second-order valence-corrected chi connectivity index (χ2v) is 2.06. The molecule has 0 aliphatic heterocycles. The highest BCUT2D eigenvalue weighted by molar-refractivity contribution is 7.97. The molecule has 0 heterocycles. The van der Waals surface area contributed by atoms with Crippen molar-refractivity contribution in [3.63, 3.8) is 0 Å². The van der Waals surface area contributed by atoms with E-state index in [1.54, 1.807) is 6.08 Å². The zero-order chi connectivity index (χ0) is 5.54. The zero-order valence-corrected chi connectivity index (χ0v) is 5.41. The summed E-state index contributed by atoms with van der Waals surface area (Å²) in [6.45, 7) is 3.54. The molecule has 0 spiro atoms. The van der Waals surface area contributed by atoms with Gasteiger partial charge in [0.05, 0.1) is 0 Å². The summed E-state index contributed by atoms with van der Waals surface area (Å²) in [5.41, 5.74) is 0. The first-order chi connectivity index (χ1) is 3.41. The van der Waals surface area contributed by atoms with Crippen LogP contribution in [0.2, 0.25) is 0 Å². The van der Waals surface area contributed by atoms with Gasteiger partial charge in [0.1, 0.15) is 0 Å². The highest BCUT2D eigenvalue weighted by Gasteiger charge is 1.61. The van der Waals surface area contributed by atoms with Crippen LogP contribution in [-0.2, 0) is 0 Å². The van der Waals surface area contributed by atoms with E-state index in [-0.39, 0.29) is 0 Å². The summed E-state index contributed by atoms with van der Waals surface area (Å²) < 4.78 is 0. The molecule has 0 aliphatic carbocycles. The van der Waals surface area contributed by atoms with Crippen molar-refractivity contribution in [2.45, 2.75) is 0 Å². The molecule has 0 aromatic rings. The molecular formula is C5H11NS. The third-order valence-corrected chi connectivity index (χ3v) is 1.38. The highest BCUT2D eigenvalue weighted by Crippen LogP contribution is 1.75. The van der Waals surface area contributed by atoms with E-state index in [2.05, 4.69) is 11.9 Å². The summed E-state index contributed by atoms with van der Waals surface area (Å²) in [5, 5.41) is 5.02. The molecule has 0 bridgehead atoms. The Balaban J connectivity index is 2.92. The Morgan fingerprint density at radius 1 is 1.86 bits per heavy atom. The van der Waals surface area contributed by atoms with Crippen molar-refractivity contribution in [2.75, 3.05) is 12.9 Å². The number of hydrogen-bond donors (Lipinski definition) is 2. The zero-order valence-electron chi connectivity index (χ0n) is 4.52. The van der Waals surface area contributed by atoms with E-state index in [0.717, 1.165) is 5.88 Å². The van der Waals surface area contributed by atoms with Gasteiger partial charge in [-0.15, -0.1) is 0 Å². The van der Waals surface area contributed by atoms with Crippen LogP contribution in [0, 0.1) is 0 Å². The van der Waals surface area contributed by atoms with Crippen LogP contribution < -0.4 is 5.32 Å². The summed E-state index contributed by atoms with van der Waals surface area (Å²) in [6, 6.07) is 0. The van der Waals surface area contributed by atoms with Crippen LogP contribution in [-0.4, -0.2) is 18.3 Å². The topological polar surface area (TPSA) is 12.0 Å². The Hall–Kier alpha value is -0.0800. The lowest BCUT2D eigenvalue weighted by Gasteiger charge is -1.83. The first-order valence-corrected chi connectivity index (χ1v) is 3.32. The first kappa shape index (κ1) is 6.92. The Morgan fingerprint density at radius 2 is 2.57 bits per heavy atom. The van der Waals surface area contributed by atoms with E-state index >= 15 is 0 Å². The van der Waals surface area contributed by atoms with Gasteiger partial charge in [-0.25, -0.2) is 0 Å². The summed E-state index contributed by atoms with van der Waals surface area (Å²) in [4.78, 5) is 0. The van der Waals surface area contributed by atoms with Gasteiger partial charge in [-0.3, -0.25) is 0 Å². The fraction of sp³-hybridized carbons (Fsp3) is 0.400. The van der Waals surface area contributed by atoms with Crippen molar-refractivity contribution in [1.82, 2.24) is 5.32 Å². The molecule has 0 saturated heterocycles. The van der Waals surface area contributed by atoms with E-state index in [4.69, 9.17) is 0 Å². The van der Waals surface area contributed by atoms with Crippen LogP contribution in [0.1, 0.15) is 0 Å². The molecule has 0 saturated carbocycles. The lowest BCUT2D eigenvalue weighted by molar-refractivity contribution is 0.987. The van der Waals surface area contributed by atoms with Crippen molar-refractivity contribution in [2.24, 2.45) is 0 Å². The smallest absolute Gasteiger partial charge is 0.0338 e. The number of hydrogen-bond acceptors (Lipinski definition) is 1. The highest BCUT2D eigenvalue weighted by atomic mass is 32.1. The normalized spacial score (nSPS) is 11.0. The number of nitrogens with one attached hydrogen (secondary N) is 1. The van der Waals surface area contributed by atoms with Gasteiger partial charge in [-0.05, 0) is 12.4 Å². The first-order valence-electron chi connectivity index (χ1n) is 2.17. The van der Waals surface area contributed by atoms with Gasteiger partial charge in [0.15, 0.2) is 0 Å². The predicted octanol–water partition coefficient (Wildman–Crippen LogP) is 0.617. The lowest BCUT2D eigenvalue weighted by atomic mass is 10.8. The Kier molecular flexibility index (Phi) is 5.85. The van der Waals surface area contributed by atoms with Crippen LogP contribution in [0.15, 0.2) is 12.7 Å². The minimum atomic E-state index is 1.02. The average molecular weight is 117 g/mol. The molecule has 0 radical (unpaired) electrons. The van der Waals surface area contributed by atoms with Gasteiger partial charge in [-0.2, -0.15) is 11.4 Å². The maximum absolute atomic E-state index is 3.54. The largest absolute Gasteiger partial charge is 0.312 e. The minimum absolute atomic E-state index is 1.02. The SMILES string of the molecule is C=C/C=[SH]\CNC. The molecule has 1 N–H and O–H groups in total. The second-order valence-electron chi connectivity index (χ2n) is 1.08. The van der Waals surface area contributed by atoms with E-state index < -0.39 is 0 Å². The standard InChI is InChI=1S/C5H11NS/c1-3-4-7-5-6-2/h3-4,6-7H,1,5H2,2H3. The quantitative estimate of drug-likeness (QED) is 0.314. The molecule has 0 rings (SSSR count). The molecule has 7 heavy (non-hydrogen) atoms. The van der Waals surface area contributed by atoms with Crippen LogP contribution in [0.25, 0.3) is 0 Å². The van der Waals surface area contributed by atoms with E-state index in [1.165, 1.54) is 11.4 Å². The maximum atomic E-state index is 3.54. The van der Waals surface area contributed by atoms with Crippen molar-refractivity contribution in [1.29, 1.82) is 0 Å². The Bertz CT molecular complexity index is 68.5. The van der Waals surface area contributed by atoms with E-state index in [1.807, 2.05) is 12.4 Å². The van der Waals surface area contributed by atoms with Gasteiger partial charge in [-0.1, -0.05) is 12.7 Å². The average Bonchev–Trinajstić information content (AvgIpc) is 1.69. The third-order valence-electron chi connectivity index (χ3n) is 0.460. The minimum Gasteiger partial charge on any atom is -0.312 e. The lowest BCUT2D eigenvalue weighted by Crippen LogP contribution is -2.00. The third kappa shape index (κ3) is 5.92. The molecule has 0 aromatic carbocycles. The fourth-order valence-electron chi connectivity index (χ4n) is 0.219. The predicted molar refractivity (Wildman–Crippen MR) is 39.2 cm³/mol. The molecule has 2 heteroatoms. The Labute approximate surface area is 48.4 Å². The summed E-state index contributed by atoms with van der Waals surface area (Å²) >= 11 is 1.29. The fourth-order valence-corrected chi connectivity index (χ4v) is 0.656. The van der Waals surface area contributed by atoms with Crippen LogP contribution in [0.5, 0.6) is 0 Å². The van der Waals surface area contributed by atoms with Crippen molar-refractivity contribution in [3.8, 4) is 0 Å². The molecule has 0 atom stereocenters. The molecule has 1 nitrogen and oxygen atoms in total. The van der Waals surface area contributed by atoms with Crippen molar-refractivity contribution in [3.05, 3.63) is 12.7 Å². The summed E-state index contributed by atoms with van der Waals surface area (Å²) in [7, 11) is 1.93. The summed E-state index contributed by atoms with van der Waals surface area (Å²) in [5.74, 6) is 1.02. The van der Waals surface area contributed by atoms with Crippen LogP contribution in [0.3, 0.4) is 0 Å². The van der Waals surface area contributed by atoms with Crippen LogP contribution >= 0.6 is 11.4 Å². The Morgan fingerprint density at radius 3 is 3.00 bits per heavy atom. The molecule has 0 amide bonds. The molecule has 0 aliphatic rings. The molecule has 0 aromatic heterocycles. The van der Waals surface area contributed by atoms with Gasteiger partial charge in [0.25, 0.3) is 0 Å². The molecule has 0 fully saturated rings. The molecule has 42 valence electrons. The second kappa shape index (κ2) is 5.92. The summed E-state index contributed by atoms with van der Waals surface area (Å²) in [6.07, 6.45) is 1.80. The number of rotatable bonds is 3. The monoisotopic (exact) mass is 117 g/mol. The van der Waals surface area contributed by atoms with Gasteiger partial charge >= 0.3 is 0 Å². The van der Waals surface area contributed by atoms with Gasteiger partial charge in [0, 0.05) is 5.88 Å². The van der Waals surface area contributed by atoms with Gasteiger partial charge < -0.3 is 5.32 Å². The van der Waals surface area contributed by atoms with Gasteiger partial charge in [0.2, 0.25) is 0 Å². The number of thiol groups is 1. The van der Waals surface area contributed by atoms with Crippen molar-refractivity contribution >= 4 is 16.7 Å². The maximum Gasteiger partial charge on any atom is 0.0338 e. The van der Waals surface area contributed by atoms with E-state index in [9.17, 15) is 0 Å². The van der Waals surface area contributed by atoms with Crippen molar-refractivity contribution < 1.29 is 0 Å². The number of allylic oxidation sites excluding steroid dienone is 1. The van der Waals surface area contributed by atoms with Crippen LogP contribution in [0.4, 0.5) is 0 Å². The van der Waals surface area contributed by atoms with E-state index in [0.29, 0.717) is 0 Å².